The summed E-state index contributed by atoms with van der Waals surface area (Å²) in [6, 6.07) is 67.1. The number of aromatic nitrogens is 4. The third-order valence-electron chi connectivity index (χ3n) is 12.9. The van der Waals surface area contributed by atoms with Crippen molar-refractivity contribution in [1.82, 2.24) is 19.9 Å². The highest BCUT2D eigenvalue weighted by molar-refractivity contribution is 6.16. The van der Waals surface area contributed by atoms with Crippen LogP contribution >= 0.6 is 0 Å². The van der Waals surface area contributed by atoms with Crippen LogP contribution in [0.1, 0.15) is 22.3 Å². The highest BCUT2D eigenvalue weighted by Gasteiger charge is 2.50. The van der Waals surface area contributed by atoms with E-state index in [4.69, 9.17) is 19.4 Å². The Labute approximate surface area is 357 Å². The Balaban J connectivity index is 1.11. The van der Waals surface area contributed by atoms with Crippen LogP contribution < -0.4 is 0 Å². The number of hydrogen-bond donors (Lipinski definition) is 0. The Hall–Kier alpha value is -8.28. The number of hydrogen-bond acceptors (Lipinski definition) is 5. The molecule has 11 aromatic rings. The van der Waals surface area contributed by atoms with Crippen molar-refractivity contribution in [1.29, 1.82) is 0 Å². The lowest BCUT2D eigenvalue weighted by Gasteiger charge is -2.35. The molecule has 1 spiro atoms. The molecule has 4 aromatic heterocycles. The molecule has 0 N–H and O–H groups in total. The van der Waals surface area contributed by atoms with Crippen LogP contribution in [-0.4, -0.2) is 19.9 Å². The predicted octanol–water partition coefficient (Wildman–Crippen LogP) is 13.8. The van der Waals surface area contributed by atoms with Crippen molar-refractivity contribution in [2.24, 2.45) is 0 Å². The maximum absolute atomic E-state index is 6.56. The third-order valence-corrected chi connectivity index (χ3v) is 12.9. The van der Waals surface area contributed by atoms with Gasteiger partial charge in [-0.05, 0) is 104 Å². The van der Waals surface area contributed by atoms with Gasteiger partial charge in [-0.25, -0.2) is 9.97 Å². The average molecular weight is 791 g/mol. The van der Waals surface area contributed by atoms with Crippen LogP contribution in [0, 0.1) is 0 Å². The first-order chi connectivity index (χ1) is 30.7. The molecule has 7 aromatic carbocycles. The van der Waals surface area contributed by atoms with Crippen LogP contribution in [0.2, 0.25) is 0 Å². The molecule has 13 rings (SSSR count). The van der Waals surface area contributed by atoms with Crippen molar-refractivity contribution in [3.63, 3.8) is 0 Å². The fraction of sp³-hybridized carbons (Fsp3) is 0.0175. The second-order valence-electron chi connectivity index (χ2n) is 16.1. The summed E-state index contributed by atoms with van der Waals surface area (Å²) in [5.74, 6) is 0.643. The molecule has 0 bridgehead atoms. The van der Waals surface area contributed by atoms with E-state index in [0.29, 0.717) is 5.82 Å². The van der Waals surface area contributed by atoms with E-state index in [1.165, 1.54) is 55.6 Å². The van der Waals surface area contributed by atoms with E-state index in [2.05, 4.69) is 163 Å². The topological polar surface area (TPSA) is 64.7 Å². The van der Waals surface area contributed by atoms with Crippen molar-refractivity contribution < 1.29 is 4.42 Å². The molecule has 0 fully saturated rings. The summed E-state index contributed by atoms with van der Waals surface area (Å²) < 4.78 is 6.56. The van der Waals surface area contributed by atoms with E-state index in [-0.39, 0.29) is 0 Å². The van der Waals surface area contributed by atoms with Crippen molar-refractivity contribution in [3.8, 4) is 78.5 Å². The van der Waals surface area contributed by atoms with Crippen molar-refractivity contribution in [3.05, 3.63) is 229 Å². The Morgan fingerprint density at radius 3 is 1.81 bits per heavy atom. The van der Waals surface area contributed by atoms with Crippen LogP contribution in [-0.2, 0) is 5.41 Å². The largest absolute Gasteiger partial charge is 0.456 e. The highest BCUT2D eigenvalue weighted by Crippen LogP contribution is 2.63. The van der Waals surface area contributed by atoms with Gasteiger partial charge in [-0.1, -0.05) is 140 Å². The molecule has 1 unspecified atom stereocenters. The van der Waals surface area contributed by atoms with Crippen molar-refractivity contribution >= 4 is 21.9 Å². The minimum atomic E-state index is -0.703. The monoisotopic (exact) mass is 790 g/mol. The molecule has 1 atom stereocenters. The van der Waals surface area contributed by atoms with E-state index in [1.54, 1.807) is 6.20 Å². The summed E-state index contributed by atoms with van der Waals surface area (Å²) in [7, 11) is 0. The molecule has 0 radical (unpaired) electrons. The molecule has 4 heterocycles. The minimum Gasteiger partial charge on any atom is -0.456 e. The van der Waals surface area contributed by atoms with E-state index < -0.39 is 5.41 Å². The number of furan rings is 1. The van der Waals surface area contributed by atoms with Gasteiger partial charge in [0.25, 0.3) is 0 Å². The SMILES string of the molecule is c1ccc(-c2cc(-c3ccc(-c4cccnc4)nc3)nc(-c3ccc4c(c3)C3(c5ccccc5-c5ccccc5-4)c4ccccc4-c4c3ccc3oc5ccccc5c43)n2)cc1. The number of rotatable bonds is 4. The first-order valence-electron chi connectivity index (χ1n) is 20.9. The number of fused-ring (bicyclic) bond motifs is 16. The molecule has 288 valence electrons. The zero-order chi connectivity index (χ0) is 40.8. The van der Waals surface area contributed by atoms with Crippen LogP contribution in [0.4, 0.5) is 0 Å². The zero-order valence-electron chi connectivity index (χ0n) is 33.3. The normalized spacial score (nSPS) is 14.5. The fourth-order valence-corrected chi connectivity index (χ4v) is 10.2. The van der Waals surface area contributed by atoms with Gasteiger partial charge in [0.15, 0.2) is 5.82 Å². The van der Waals surface area contributed by atoms with Crippen molar-refractivity contribution in [2.75, 3.05) is 0 Å². The molecule has 0 aliphatic heterocycles. The van der Waals surface area contributed by atoms with Gasteiger partial charge < -0.3 is 4.42 Å². The quantitative estimate of drug-likeness (QED) is 0.178. The van der Waals surface area contributed by atoms with Crippen LogP contribution in [0.3, 0.4) is 0 Å². The molecule has 2 aliphatic rings. The van der Waals surface area contributed by atoms with E-state index in [0.717, 1.165) is 61.3 Å². The standard InChI is InChI=1S/C57H34N4O/c1-2-13-35(14-3-1)50-32-51(38-25-28-49(59-34-38)37-15-12-30-58-33-37)61-56(60-50)36-24-26-42-40-17-5-4-16-39(40)41-18-6-9-21-45(41)57(48(42)31-36)46-22-10-7-19-43(46)54-47(57)27-29-53-55(54)44-20-8-11-23-52(44)62-53/h1-34H. The highest BCUT2D eigenvalue weighted by atomic mass is 16.3. The number of para-hydroxylation sites is 1. The average Bonchev–Trinajstić information content (AvgIpc) is 3.85. The van der Waals surface area contributed by atoms with Gasteiger partial charge in [0.2, 0.25) is 0 Å². The molecule has 5 nitrogen and oxygen atoms in total. The lowest BCUT2D eigenvalue weighted by atomic mass is 9.65. The van der Waals surface area contributed by atoms with Gasteiger partial charge in [-0.2, -0.15) is 0 Å². The summed E-state index contributed by atoms with van der Waals surface area (Å²) in [5.41, 5.74) is 19.5. The van der Waals surface area contributed by atoms with Gasteiger partial charge >= 0.3 is 0 Å². The minimum absolute atomic E-state index is 0.643. The molecular weight excluding hydrogens is 757 g/mol. The van der Waals surface area contributed by atoms with E-state index in [9.17, 15) is 0 Å². The van der Waals surface area contributed by atoms with Crippen LogP contribution in [0.5, 0.6) is 0 Å². The number of nitrogens with zero attached hydrogens (tertiary/aromatic N) is 4. The van der Waals surface area contributed by atoms with Gasteiger partial charge in [0.1, 0.15) is 11.2 Å². The summed E-state index contributed by atoms with van der Waals surface area (Å²) in [6.07, 6.45) is 5.51. The Morgan fingerprint density at radius 2 is 1.03 bits per heavy atom. The Morgan fingerprint density at radius 1 is 0.387 bits per heavy atom. The zero-order valence-corrected chi connectivity index (χ0v) is 33.3. The summed E-state index contributed by atoms with van der Waals surface area (Å²) in [5, 5.41) is 2.26. The van der Waals surface area contributed by atoms with Crippen LogP contribution in [0.25, 0.3) is 100 Å². The summed E-state index contributed by atoms with van der Waals surface area (Å²) in [6.45, 7) is 0. The maximum Gasteiger partial charge on any atom is 0.160 e. The smallest absolute Gasteiger partial charge is 0.160 e. The van der Waals surface area contributed by atoms with E-state index >= 15 is 0 Å². The molecule has 5 heteroatoms. The second kappa shape index (κ2) is 13.4. The molecule has 0 saturated carbocycles. The predicted molar refractivity (Wildman–Crippen MR) is 248 cm³/mol. The van der Waals surface area contributed by atoms with Gasteiger partial charge in [0, 0.05) is 51.6 Å². The maximum atomic E-state index is 6.56. The Bertz CT molecular complexity index is 3580. The van der Waals surface area contributed by atoms with Gasteiger partial charge in [-0.3, -0.25) is 9.97 Å². The molecule has 0 amide bonds. The first kappa shape index (κ1) is 34.6. The first-order valence-corrected chi connectivity index (χ1v) is 20.9. The summed E-state index contributed by atoms with van der Waals surface area (Å²) >= 11 is 0. The molecular formula is C57H34N4O. The molecule has 62 heavy (non-hydrogen) atoms. The molecule has 0 saturated heterocycles. The van der Waals surface area contributed by atoms with Gasteiger partial charge in [0.05, 0.1) is 22.5 Å². The third kappa shape index (κ3) is 4.96. The second-order valence-corrected chi connectivity index (χ2v) is 16.1. The number of benzene rings is 7. The fourth-order valence-electron chi connectivity index (χ4n) is 10.2. The van der Waals surface area contributed by atoms with Crippen LogP contribution in [0.15, 0.2) is 211 Å². The molecule has 2 aliphatic carbocycles. The van der Waals surface area contributed by atoms with Gasteiger partial charge in [-0.15, -0.1) is 0 Å². The number of pyridine rings is 2. The lowest BCUT2D eigenvalue weighted by Crippen LogP contribution is -2.29. The van der Waals surface area contributed by atoms with Crippen molar-refractivity contribution in [2.45, 2.75) is 5.41 Å². The van der Waals surface area contributed by atoms with E-state index in [1.807, 2.05) is 42.7 Å². The lowest BCUT2D eigenvalue weighted by molar-refractivity contribution is 0.668. The summed E-state index contributed by atoms with van der Waals surface area (Å²) in [4.78, 5) is 19.9. The Kier molecular flexibility index (Phi) is 7.45.